The van der Waals surface area contributed by atoms with Crippen LogP contribution < -0.4 is 5.32 Å². The van der Waals surface area contributed by atoms with Crippen molar-refractivity contribution in [2.75, 3.05) is 26.2 Å². The van der Waals surface area contributed by atoms with Crippen molar-refractivity contribution in [1.82, 2.24) is 10.2 Å². The molecule has 1 fully saturated rings. The van der Waals surface area contributed by atoms with Gasteiger partial charge in [0.2, 0.25) is 5.91 Å². The van der Waals surface area contributed by atoms with Crippen molar-refractivity contribution in [3.8, 4) is 0 Å². The van der Waals surface area contributed by atoms with Crippen molar-refractivity contribution < 1.29 is 4.79 Å². The average molecular weight is 156 g/mol. The Kier molecular flexibility index (Phi) is 3.36. The van der Waals surface area contributed by atoms with Gasteiger partial charge in [-0.25, -0.2) is 0 Å². The normalized spacial score (nSPS) is 22.1. The zero-order valence-electron chi connectivity index (χ0n) is 7.10. The molecule has 1 heterocycles. The number of likely N-dealkylation sites (N-methyl/N-ethyl adjacent to an activating group) is 1. The summed E-state index contributed by atoms with van der Waals surface area (Å²) in [5.41, 5.74) is 0. The number of nitrogens with one attached hydrogen (secondary N) is 1. The molecule has 1 N–H and O–H groups in total. The summed E-state index contributed by atoms with van der Waals surface area (Å²) in [6.45, 7) is 6.14. The van der Waals surface area contributed by atoms with Crippen LogP contribution in [0.1, 0.15) is 19.8 Å². The molecule has 64 valence electrons. The highest BCUT2D eigenvalue weighted by atomic mass is 16.1. The largest absolute Gasteiger partial charge is 0.355 e. The van der Waals surface area contributed by atoms with Gasteiger partial charge in [0.05, 0.1) is 0 Å². The van der Waals surface area contributed by atoms with E-state index in [1.165, 1.54) is 0 Å². The molecule has 0 aliphatic carbocycles. The lowest BCUT2D eigenvalue weighted by atomic mass is 10.2. The Morgan fingerprint density at radius 2 is 2.36 bits per heavy atom. The van der Waals surface area contributed by atoms with E-state index in [1.807, 2.05) is 0 Å². The number of carbonyl (C=O) groups excluding carboxylic acids is 1. The minimum absolute atomic E-state index is 0.209. The van der Waals surface area contributed by atoms with Gasteiger partial charge in [-0.2, -0.15) is 0 Å². The zero-order valence-corrected chi connectivity index (χ0v) is 7.10. The van der Waals surface area contributed by atoms with Crippen LogP contribution in [0.25, 0.3) is 0 Å². The first-order valence-corrected chi connectivity index (χ1v) is 4.32. The van der Waals surface area contributed by atoms with Gasteiger partial charge in [0, 0.05) is 19.5 Å². The van der Waals surface area contributed by atoms with E-state index in [1.54, 1.807) is 0 Å². The fourth-order valence-corrected chi connectivity index (χ4v) is 1.33. The summed E-state index contributed by atoms with van der Waals surface area (Å²) in [4.78, 5) is 13.3. The highest BCUT2D eigenvalue weighted by Gasteiger charge is 2.08. The summed E-state index contributed by atoms with van der Waals surface area (Å²) in [6, 6.07) is 0. The Balaban J connectivity index is 2.28. The van der Waals surface area contributed by atoms with Crippen molar-refractivity contribution in [2.45, 2.75) is 19.8 Å². The lowest BCUT2D eigenvalue weighted by Gasteiger charge is -2.22. The fraction of sp³-hybridized carbons (Fsp3) is 0.875. The third kappa shape index (κ3) is 2.89. The minimum atomic E-state index is 0.209. The lowest BCUT2D eigenvalue weighted by Crippen LogP contribution is -2.38. The maximum atomic E-state index is 10.9. The summed E-state index contributed by atoms with van der Waals surface area (Å²) in [7, 11) is 0. The monoisotopic (exact) mass is 156 g/mol. The summed E-state index contributed by atoms with van der Waals surface area (Å²) < 4.78 is 0. The standard InChI is InChI=1S/C8H16N2O/c1-2-10-6-3-4-8(11)9-5-7-10/h2-7H2,1H3,(H,9,11). The van der Waals surface area contributed by atoms with E-state index in [0.29, 0.717) is 6.42 Å². The molecule has 0 aromatic carbocycles. The van der Waals surface area contributed by atoms with Crippen molar-refractivity contribution in [3.05, 3.63) is 0 Å². The molecule has 0 unspecified atom stereocenters. The van der Waals surface area contributed by atoms with Gasteiger partial charge in [-0.15, -0.1) is 0 Å². The first-order valence-electron chi connectivity index (χ1n) is 4.32. The maximum Gasteiger partial charge on any atom is 0.220 e. The van der Waals surface area contributed by atoms with Gasteiger partial charge in [0.25, 0.3) is 0 Å². The molecule has 3 heteroatoms. The maximum absolute atomic E-state index is 10.9. The van der Waals surface area contributed by atoms with Crippen LogP contribution in [0.3, 0.4) is 0 Å². The first-order chi connectivity index (χ1) is 5.33. The molecular weight excluding hydrogens is 140 g/mol. The van der Waals surface area contributed by atoms with Crippen LogP contribution in [-0.2, 0) is 4.79 Å². The van der Waals surface area contributed by atoms with Gasteiger partial charge >= 0.3 is 0 Å². The van der Waals surface area contributed by atoms with Crippen LogP contribution in [-0.4, -0.2) is 37.0 Å². The summed E-state index contributed by atoms with van der Waals surface area (Å²) >= 11 is 0. The van der Waals surface area contributed by atoms with Crippen molar-refractivity contribution in [3.63, 3.8) is 0 Å². The van der Waals surface area contributed by atoms with Crippen LogP contribution in [0.5, 0.6) is 0 Å². The Morgan fingerprint density at radius 3 is 3.09 bits per heavy atom. The molecule has 0 aromatic heterocycles. The third-order valence-electron chi connectivity index (χ3n) is 2.08. The first kappa shape index (κ1) is 8.53. The molecule has 0 spiro atoms. The number of amides is 1. The second-order valence-electron chi connectivity index (χ2n) is 2.89. The van der Waals surface area contributed by atoms with Crippen molar-refractivity contribution in [1.29, 1.82) is 0 Å². The molecule has 0 radical (unpaired) electrons. The molecule has 0 bridgehead atoms. The van der Waals surface area contributed by atoms with Crippen molar-refractivity contribution in [2.24, 2.45) is 0 Å². The molecular formula is C8H16N2O. The van der Waals surface area contributed by atoms with E-state index >= 15 is 0 Å². The van der Waals surface area contributed by atoms with Gasteiger partial charge in [0.1, 0.15) is 0 Å². The molecule has 1 saturated heterocycles. The molecule has 1 amide bonds. The van der Waals surface area contributed by atoms with Crippen LogP contribution in [0, 0.1) is 0 Å². The molecule has 11 heavy (non-hydrogen) atoms. The summed E-state index contributed by atoms with van der Waals surface area (Å²) in [5.74, 6) is 0.209. The molecule has 1 aliphatic rings. The van der Waals surface area contributed by atoms with Gasteiger partial charge in [-0.3, -0.25) is 4.79 Å². The molecule has 1 rings (SSSR count). The predicted octanol–water partition coefficient (Wildman–Crippen LogP) is 0.218. The summed E-state index contributed by atoms with van der Waals surface area (Å²) in [6.07, 6.45) is 1.69. The Hall–Kier alpha value is -0.570. The molecule has 0 atom stereocenters. The van der Waals surface area contributed by atoms with Crippen LogP contribution in [0.15, 0.2) is 0 Å². The minimum Gasteiger partial charge on any atom is -0.355 e. The SMILES string of the molecule is CCN1CCCC(=O)NCC1. The predicted molar refractivity (Wildman–Crippen MR) is 44.4 cm³/mol. The van der Waals surface area contributed by atoms with E-state index in [9.17, 15) is 4.79 Å². The van der Waals surface area contributed by atoms with E-state index in [0.717, 1.165) is 32.6 Å². The molecule has 3 nitrogen and oxygen atoms in total. The molecule has 0 aromatic rings. The van der Waals surface area contributed by atoms with E-state index in [-0.39, 0.29) is 5.91 Å². The van der Waals surface area contributed by atoms with Crippen LogP contribution >= 0.6 is 0 Å². The highest BCUT2D eigenvalue weighted by molar-refractivity contribution is 5.75. The van der Waals surface area contributed by atoms with E-state index in [2.05, 4.69) is 17.1 Å². The van der Waals surface area contributed by atoms with Crippen LogP contribution in [0.4, 0.5) is 0 Å². The molecule has 0 saturated carbocycles. The number of rotatable bonds is 1. The Labute approximate surface area is 67.8 Å². The zero-order chi connectivity index (χ0) is 8.10. The number of carbonyl (C=O) groups is 1. The second kappa shape index (κ2) is 4.34. The number of nitrogens with zero attached hydrogens (tertiary/aromatic N) is 1. The topological polar surface area (TPSA) is 32.3 Å². The van der Waals surface area contributed by atoms with E-state index < -0.39 is 0 Å². The average Bonchev–Trinajstić information content (AvgIpc) is 1.96. The van der Waals surface area contributed by atoms with Gasteiger partial charge in [0.15, 0.2) is 0 Å². The Morgan fingerprint density at radius 1 is 1.55 bits per heavy atom. The van der Waals surface area contributed by atoms with Gasteiger partial charge < -0.3 is 10.2 Å². The second-order valence-corrected chi connectivity index (χ2v) is 2.89. The smallest absolute Gasteiger partial charge is 0.220 e. The highest BCUT2D eigenvalue weighted by Crippen LogP contribution is 1.97. The number of hydrogen-bond acceptors (Lipinski definition) is 2. The third-order valence-corrected chi connectivity index (χ3v) is 2.08. The van der Waals surface area contributed by atoms with Gasteiger partial charge in [-0.1, -0.05) is 6.92 Å². The summed E-state index contributed by atoms with van der Waals surface area (Å²) in [5, 5.41) is 2.87. The van der Waals surface area contributed by atoms with Crippen LogP contribution in [0.2, 0.25) is 0 Å². The van der Waals surface area contributed by atoms with Crippen molar-refractivity contribution >= 4 is 5.91 Å². The lowest BCUT2D eigenvalue weighted by molar-refractivity contribution is -0.121. The number of hydrogen-bond donors (Lipinski definition) is 1. The molecule has 1 aliphatic heterocycles. The van der Waals surface area contributed by atoms with E-state index in [4.69, 9.17) is 0 Å². The fourth-order valence-electron chi connectivity index (χ4n) is 1.33. The Bertz CT molecular complexity index is 124. The van der Waals surface area contributed by atoms with Gasteiger partial charge in [-0.05, 0) is 19.5 Å². The quantitative estimate of drug-likeness (QED) is 0.589.